The van der Waals surface area contributed by atoms with Gasteiger partial charge in [0, 0.05) is 13.0 Å². The van der Waals surface area contributed by atoms with Crippen LogP contribution in [0.25, 0.3) is 0 Å². The van der Waals surface area contributed by atoms with E-state index in [0.29, 0.717) is 11.5 Å². The van der Waals surface area contributed by atoms with E-state index < -0.39 is 0 Å². The summed E-state index contributed by atoms with van der Waals surface area (Å²) in [5.74, 6) is 1.40. The molecule has 0 aliphatic carbocycles. The van der Waals surface area contributed by atoms with Crippen LogP contribution in [0.5, 0.6) is 11.5 Å². The minimum Gasteiger partial charge on any atom is -0.493 e. The van der Waals surface area contributed by atoms with E-state index in [9.17, 15) is 4.79 Å². The zero-order valence-corrected chi connectivity index (χ0v) is 10.7. The van der Waals surface area contributed by atoms with E-state index in [4.69, 9.17) is 9.47 Å². The van der Waals surface area contributed by atoms with Crippen LogP contribution in [-0.2, 0) is 11.2 Å². The van der Waals surface area contributed by atoms with E-state index >= 15 is 0 Å². The van der Waals surface area contributed by atoms with Gasteiger partial charge in [-0.25, -0.2) is 0 Å². The van der Waals surface area contributed by atoms with Crippen molar-refractivity contribution in [1.82, 2.24) is 5.32 Å². The van der Waals surface area contributed by atoms with Crippen molar-refractivity contribution in [1.29, 1.82) is 0 Å². The van der Waals surface area contributed by atoms with Gasteiger partial charge >= 0.3 is 0 Å². The maximum absolute atomic E-state index is 10.9. The van der Waals surface area contributed by atoms with Gasteiger partial charge in [0.15, 0.2) is 11.5 Å². The zero-order valence-electron chi connectivity index (χ0n) is 10.7. The van der Waals surface area contributed by atoms with E-state index in [0.717, 1.165) is 12.0 Å². The van der Waals surface area contributed by atoms with Gasteiger partial charge < -0.3 is 14.8 Å². The number of rotatable bonds is 5. The van der Waals surface area contributed by atoms with Crippen LogP contribution in [0.2, 0.25) is 0 Å². The largest absolute Gasteiger partial charge is 0.493 e. The molecule has 0 aliphatic heterocycles. The van der Waals surface area contributed by atoms with Gasteiger partial charge in [-0.1, -0.05) is 6.07 Å². The average Bonchev–Trinajstić information content (AvgIpc) is 2.27. The summed E-state index contributed by atoms with van der Waals surface area (Å²) in [5, 5.41) is 2.85. The third kappa shape index (κ3) is 3.98. The Kier molecular flexibility index (Phi) is 4.82. The highest BCUT2D eigenvalue weighted by atomic mass is 16.5. The molecule has 1 atom stereocenters. The van der Waals surface area contributed by atoms with E-state index in [1.807, 2.05) is 25.1 Å². The van der Waals surface area contributed by atoms with Crippen molar-refractivity contribution in [3.8, 4) is 11.5 Å². The number of carbonyl (C=O) groups is 1. The lowest BCUT2D eigenvalue weighted by Gasteiger charge is -2.14. The zero-order chi connectivity index (χ0) is 12.8. The first-order valence-electron chi connectivity index (χ1n) is 5.54. The molecular weight excluding hydrogens is 218 g/mol. The standard InChI is InChI=1S/C13H19NO3/c1-9(14-10(2)15)7-11-5-6-12(16-3)13(8-11)17-4/h5-6,8-9H,7H2,1-4H3,(H,14,15)/t9-/m1/s1. The lowest BCUT2D eigenvalue weighted by atomic mass is 10.1. The summed E-state index contributed by atoms with van der Waals surface area (Å²) in [5.41, 5.74) is 1.10. The Hall–Kier alpha value is -1.71. The molecule has 0 aliphatic rings. The number of hydrogen-bond acceptors (Lipinski definition) is 3. The summed E-state index contributed by atoms with van der Waals surface area (Å²) >= 11 is 0. The Morgan fingerprint density at radius 2 is 1.94 bits per heavy atom. The van der Waals surface area contributed by atoms with Crippen LogP contribution in [0.1, 0.15) is 19.4 Å². The lowest BCUT2D eigenvalue weighted by molar-refractivity contribution is -0.119. The van der Waals surface area contributed by atoms with E-state index in [1.54, 1.807) is 14.2 Å². The van der Waals surface area contributed by atoms with Crippen molar-refractivity contribution in [2.24, 2.45) is 0 Å². The van der Waals surface area contributed by atoms with Crippen LogP contribution >= 0.6 is 0 Å². The second-order valence-electron chi connectivity index (χ2n) is 4.00. The SMILES string of the molecule is COc1ccc(C[C@@H](C)NC(C)=O)cc1OC. The van der Waals surface area contributed by atoms with Gasteiger partial charge in [0.1, 0.15) is 0 Å². The minimum atomic E-state index is -0.0158. The molecule has 1 amide bonds. The Morgan fingerprint density at radius 3 is 2.47 bits per heavy atom. The number of hydrogen-bond donors (Lipinski definition) is 1. The van der Waals surface area contributed by atoms with Crippen LogP contribution in [0.15, 0.2) is 18.2 Å². The van der Waals surface area contributed by atoms with E-state index in [1.165, 1.54) is 6.92 Å². The Morgan fingerprint density at radius 1 is 1.29 bits per heavy atom. The highest BCUT2D eigenvalue weighted by Crippen LogP contribution is 2.27. The maximum atomic E-state index is 10.9. The second kappa shape index (κ2) is 6.13. The molecule has 0 spiro atoms. The molecule has 0 aromatic heterocycles. The van der Waals surface area contributed by atoms with Crippen LogP contribution in [0, 0.1) is 0 Å². The molecule has 1 aromatic rings. The minimum absolute atomic E-state index is 0.0158. The molecule has 4 heteroatoms. The van der Waals surface area contributed by atoms with Gasteiger partial charge in [0.25, 0.3) is 0 Å². The highest BCUT2D eigenvalue weighted by molar-refractivity contribution is 5.73. The summed E-state index contributed by atoms with van der Waals surface area (Å²) in [6, 6.07) is 5.87. The van der Waals surface area contributed by atoms with E-state index in [2.05, 4.69) is 5.32 Å². The summed E-state index contributed by atoms with van der Waals surface area (Å²) in [4.78, 5) is 10.9. The highest BCUT2D eigenvalue weighted by Gasteiger charge is 2.08. The molecule has 0 saturated heterocycles. The molecule has 0 fully saturated rings. The Balaban J connectivity index is 2.75. The molecule has 0 radical (unpaired) electrons. The normalized spacial score (nSPS) is 11.8. The Labute approximate surface area is 102 Å². The second-order valence-corrected chi connectivity index (χ2v) is 4.00. The first kappa shape index (κ1) is 13.4. The van der Waals surface area contributed by atoms with Gasteiger partial charge in [-0.15, -0.1) is 0 Å². The van der Waals surface area contributed by atoms with E-state index in [-0.39, 0.29) is 11.9 Å². The molecule has 0 unspecified atom stereocenters. The molecule has 4 nitrogen and oxygen atoms in total. The van der Waals surface area contributed by atoms with Crippen molar-refractivity contribution in [3.05, 3.63) is 23.8 Å². The van der Waals surface area contributed by atoms with Crippen molar-refractivity contribution in [2.75, 3.05) is 14.2 Å². The van der Waals surface area contributed by atoms with Crippen molar-refractivity contribution >= 4 is 5.91 Å². The summed E-state index contributed by atoms with van der Waals surface area (Å²) in [7, 11) is 3.22. The molecule has 0 bridgehead atoms. The van der Waals surface area contributed by atoms with Crippen molar-refractivity contribution in [3.63, 3.8) is 0 Å². The fourth-order valence-electron chi connectivity index (χ4n) is 1.76. The van der Waals surface area contributed by atoms with Gasteiger partial charge in [-0.3, -0.25) is 4.79 Å². The quantitative estimate of drug-likeness (QED) is 0.849. The average molecular weight is 237 g/mol. The number of carbonyl (C=O) groups excluding carboxylic acids is 1. The fourth-order valence-corrected chi connectivity index (χ4v) is 1.76. The lowest BCUT2D eigenvalue weighted by Crippen LogP contribution is -2.31. The Bertz CT molecular complexity index is 390. The van der Waals surface area contributed by atoms with Gasteiger partial charge in [0.05, 0.1) is 14.2 Å². The van der Waals surface area contributed by atoms with Crippen LogP contribution in [0.4, 0.5) is 0 Å². The molecule has 1 aromatic carbocycles. The molecule has 0 saturated carbocycles. The summed E-state index contributed by atoms with van der Waals surface area (Å²) < 4.78 is 10.4. The molecular formula is C13H19NO3. The van der Waals surface area contributed by atoms with Gasteiger partial charge in [-0.05, 0) is 31.0 Å². The molecule has 1 rings (SSSR count). The number of methoxy groups -OCH3 is 2. The maximum Gasteiger partial charge on any atom is 0.217 e. The molecule has 1 N–H and O–H groups in total. The number of ether oxygens (including phenoxy) is 2. The molecule has 17 heavy (non-hydrogen) atoms. The summed E-state index contributed by atoms with van der Waals surface area (Å²) in [6.07, 6.45) is 0.764. The molecule has 0 heterocycles. The smallest absolute Gasteiger partial charge is 0.217 e. The number of benzene rings is 1. The first-order chi connectivity index (χ1) is 8.06. The van der Waals surface area contributed by atoms with Crippen LogP contribution in [0.3, 0.4) is 0 Å². The third-order valence-corrected chi connectivity index (χ3v) is 2.44. The van der Waals surface area contributed by atoms with Gasteiger partial charge in [0.2, 0.25) is 5.91 Å². The van der Waals surface area contributed by atoms with Crippen molar-refractivity contribution < 1.29 is 14.3 Å². The third-order valence-electron chi connectivity index (χ3n) is 2.44. The molecule has 94 valence electrons. The van der Waals surface area contributed by atoms with Crippen LogP contribution < -0.4 is 14.8 Å². The predicted octanol–water partition coefficient (Wildman–Crippen LogP) is 1.77. The summed E-state index contributed by atoms with van der Waals surface area (Å²) in [6.45, 7) is 3.49. The van der Waals surface area contributed by atoms with Crippen molar-refractivity contribution in [2.45, 2.75) is 26.3 Å². The number of amides is 1. The monoisotopic (exact) mass is 237 g/mol. The first-order valence-corrected chi connectivity index (χ1v) is 5.54. The number of nitrogens with one attached hydrogen (secondary N) is 1. The van der Waals surface area contributed by atoms with Gasteiger partial charge in [-0.2, -0.15) is 0 Å². The topological polar surface area (TPSA) is 47.6 Å². The predicted molar refractivity (Wildman–Crippen MR) is 66.5 cm³/mol. The van der Waals surface area contributed by atoms with Crippen LogP contribution in [-0.4, -0.2) is 26.2 Å². The fraction of sp³-hybridized carbons (Fsp3) is 0.462.